The van der Waals surface area contributed by atoms with Gasteiger partial charge in [-0.2, -0.15) is 11.8 Å². The maximum absolute atomic E-state index is 13.0. The van der Waals surface area contributed by atoms with E-state index in [0.29, 0.717) is 32.3 Å². The molecular formula is C18H26N2O2S. The predicted octanol–water partition coefficient (Wildman–Crippen LogP) is 2.11. The van der Waals surface area contributed by atoms with Crippen LogP contribution in [0.1, 0.15) is 24.3 Å². The Morgan fingerprint density at radius 1 is 1.30 bits per heavy atom. The highest BCUT2D eigenvalue weighted by Crippen LogP contribution is 2.21. The van der Waals surface area contributed by atoms with Gasteiger partial charge in [-0.1, -0.05) is 30.3 Å². The number of thioether (sulfide) groups is 1. The van der Waals surface area contributed by atoms with Crippen molar-refractivity contribution >= 4 is 17.7 Å². The summed E-state index contributed by atoms with van der Waals surface area (Å²) in [6.07, 6.45) is 2.50. The van der Waals surface area contributed by atoms with Crippen molar-refractivity contribution in [1.82, 2.24) is 10.2 Å². The molecule has 1 aromatic carbocycles. The first-order chi connectivity index (χ1) is 11.3. The molecular weight excluding hydrogens is 308 g/mol. The van der Waals surface area contributed by atoms with Crippen molar-refractivity contribution in [2.75, 3.05) is 44.4 Å². The van der Waals surface area contributed by atoms with Crippen molar-refractivity contribution in [2.24, 2.45) is 0 Å². The third kappa shape index (κ3) is 4.72. The number of nitrogens with one attached hydrogen (secondary N) is 1. The first kappa shape index (κ1) is 16.8. The van der Waals surface area contributed by atoms with Gasteiger partial charge in [0.2, 0.25) is 5.91 Å². The number of benzene rings is 1. The molecule has 2 atom stereocenters. The van der Waals surface area contributed by atoms with Gasteiger partial charge >= 0.3 is 0 Å². The number of ether oxygens (including phenoxy) is 1. The van der Waals surface area contributed by atoms with Gasteiger partial charge in [0.25, 0.3) is 0 Å². The molecule has 126 valence electrons. The number of nitrogens with zero attached hydrogens (tertiary/aromatic N) is 1. The Morgan fingerprint density at radius 3 is 2.78 bits per heavy atom. The Bertz CT molecular complexity index is 485. The molecule has 1 N–H and O–H groups in total. The van der Waals surface area contributed by atoms with Crippen LogP contribution in [0.3, 0.4) is 0 Å². The second-order valence-corrected chi connectivity index (χ2v) is 7.37. The lowest BCUT2D eigenvalue weighted by Crippen LogP contribution is -2.46. The second-order valence-electron chi connectivity index (χ2n) is 6.22. The number of amides is 1. The maximum atomic E-state index is 13.0. The Balaban J connectivity index is 1.66. The van der Waals surface area contributed by atoms with Gasteiger partial charge in [0.05, 0.1) is 19.1 Å². The Morgan fingerprint density at radius 2 is 2.09 bits per heavy atom. The molecule has 0 spiro atoms. The molecule has 2 aliphatic rings. The van der Waals surface area contributed by atoms with Crippen LogP contribution in [0.25, 0.3) is 0 Å². The van der Waals surface area contributed by atoms with Crippen LogP contribution in [-0.2, 0) is 9.53 Å². The molecule has 4 nitrogen and oxygen atoms in total. The standard InChI is InChI=1S/C18H26N2O2S/c21-18(20-8-10-22-11-9-20)17(15-5-2-1-3-6-15)13-19-16-7-4-12-23-14-16/h1-3,5-6,16-17,19H,4,7-14H2/t16-,17-/m0/s1. The largest absolute Gasteiger partial charge is 0.378 e. The molecule has 2 heterocycles. The summed E-state index contributed by atoms with van der Waals surface area (Å²) < 4.78 is 5.38. The van der Waals surface area contributed by atoms with E-state index in [1.54, 1.807) is 0 Å². The van der Waals surface area contributed by atoms with Crippen molar-refractivity contribution in [2.45, 2.75) is 24.8 Å². The number of carbonyl (C=O) groups is 1. The number of carbonyl (C=O) groups excluding carboxylic acids is 1. The highest BCUT2D eigenvalue weighted by atomic mass is 32.2. The SMILES string of the molecule is O=C([C@@H](CN[C@H]1CCCSC1)c1ccccc1)N1CCOCC1. The van der Waals surface area contributed by atoms with Crippen LogP contribution in [0.15, 0.2) is 30.3 Å². The lowest BCUT2D eigenvalue weighted by molar-refractivity contribution is -0.136. The zero-order valence-electron chi connectivity index (χ0n) is 13.6. The summed E-state index contributed by atoms with van der Waals surface area (Å²) in [6.45, 7) is 3.45. The van der Waals surface area contributed by atoms with Crippen LogP contribution in [-0.4, -0.2) is 61.2 Å². The molecule has 2 saturated heterocycles. The lowest BCUT2D eigenvalue weighted by atomic mass is 9.96. The third-order valence-corrected chi connectivity index (χ3v) is 5.81. The summed E-state index contributed by atoms with van der Waals surface area (Å²) in [6, 6.07) is 10.7. The first-order valence-corrected chi connectivity index (χ1v) is 9.72. The fraction of sp³-hybridized carbons (Fsp3) is 0.611. The lowest BCUT2D eigenvalue weighted by Gasteiger charge is -2.32. The molecule has 2 aliphatic heterocycles. The van der Waals surface area contributed by atoms with Gasteiger partial charge in [0.15, 0.2) is 0 Å². The maximum Gasteiger partial charge on any atom is 0.231 e. The Hall–Kier alpha value is -1.04. The fourth-order valence-corrected chi connectivity index (χ4v) is 4.33. The van der Waals surface area contributed by atoms with Gasteiger partial charge in [-0.3, -0.25) is 4.79 Å². The minimum atomic E-state index is -0.0961. The van der Waals surface area contributed by atoms with E-state index in [2.05, 4.69) is 17.4 Å². The highest BCUT2D eigenvalue weighted by molar-refractivity contribution is 7.99. The molecule has 0 unspecified atom stereocenters. The molecule has 1 amide bonds. The first-order valence-electron chi connectivity index (χ1n) is 8.57. The summed E-state index contributed by atoms with van der Waals surface area (Å²) in [5, 5.41) is 3.64. The van der Waals surface area contributed by atoms with E-state index in [-0.39, 0.29) is 11.8 Å². The zero-order valence-corrected chi connectivity index (χ0v) is 14.4. The fourth-order valence-electron chi connectivity index (χ4n) is 3.22. The minimum Gasteiger partial charge on any atom is -0.378 e. The summed E-state index contributed by atoms with van der Waals surface area (Å²) in [5.41, 5.74) is 1.11. The second kappa shape index (κ2) is 8.71. The molecule has 23 heavy (non-hydrogen) atoms. The van der Waals surface area contributed by atoms with E-state index in [4.69, 9.17) is 4.74 Å². The molecule has 1 aromatic rings. The van der Waals surface area contributed by atoms with Crippen LogP contribution in [0.4, 0.5) is 0 Å². The van der Waals surface area contributed by atoms with Crippen LogP contribution < -0.4 is 5.32 Å². The molecule has 0 aromatic heterocycles. The summed E-state index contributed by atoms with van der Waals surface area (Å²) in [4.78, 5) is 15.0. The summed E-state index contributed by atoms with van der Waals surface area (Å²) in [5.74, 6) is 2.57. The number of hydrogen-bond donors (Lipinski definition) is 1. The predicted molar refractivity (Wildman–Crippen MR) is 94.9 cm³/mol. The van der Waals surface area contributed by atoms with Gasteiger partial charge in [-0.05, 0) is 24.2 Å². The molecule has 3 rings (SSSR count). The van der Waals surface area contributed by atoms with E-state index < -0.39 is 0 Å². The van der Waals surface area contributed by atoms with Crippen molar-refractivity contribution in [1.29, 1.82) is 0 Å². The van der Waals surface area contributed by atoms with Gasteiger partial charge < -0.3 is 15.0 Å². The van der Waals surface area contributed by atoms with Crippen molar-refractivity contribution in [3.8, 4) is 0 Å². The quantitative estimate of drug-likeness (QED) is 0.895. The average molecular weight is 334 g/mol. The molecule has 0 radical (unpaired) electrons. The zero-order chi connectivity index (χ0) is 15.9. The van der Waals surface area contributed by atoms with Crippen LogP contribution in [0.2, 0.25) is 0 Å². The van der Waals surface area contributed by atoms with E-state index in [1.807, 2.05) is 34.9 Å². The van der Waals surface area contributed by atoms with Crippen LogP contribution in [0, 0.1) is 0 Å². The molecule has 2 fully saturated rings. The van der Waals surface area contributed by atoms with Gasteiger partial charge in [0.1, 0.15) is 0 Å². The average Bonchev–Trinajstić information content (AvgIpc) is 2.64. The van der Waals surface area contributed by atoms with Crippen molar-refractivity contribution < 1.29 is 9.53 Å². The smallest absolute Gasteiger partial charge is 0.231 e. The topological polar surface area (TPSA) is 41.6 Å². The molecule has 0 aliphatic carbocycles. The Labute approximate surface area is 143 Å². The van der Waals surface area contributed by atoms with Gasteiger partial charge in [0, 0.05) is 31.4 Å². The number of rotatable bonds is 5. The van der Waals surface area contributed by atoms with E-state index in [1.165, 1.54) is 18.6 Å². The summed E-state index contributed by atoms with van der Waals surface area (Å²) in [7, 11) is 0. The number of hydrogen-bond acceptors (Lipinski definition) is 4. The van der Waals surface area contributed by atoms with Crippen LogP contribution in [0.5, 0.6) is 0 Å². The highest BCUT2D eigenvalue weighted by Gasteiger charge is 2.28. The van der Waals surface area contributed by atoms with E-state index in [9.17, 15) is 4.79 Å². The van der Waals surface area contributed by atoms with Crippen LogP contribution >= 0.6 is 11.8 Å². The minimum absolute atomic E-state index is 0.0961. The molecule has 0 saturated carbocycles. The molecule has 5 heteroatoms. The van der Waals surface area contributed by atoms with Crippen molar-refractivity contribution in [3.63, 3.8) is 0 Å². The molecule has 0 bridgehead atoms. The van der Waals surface area contributed by atoms with E-state index >= 15 is 0 Å². The number of morpholine rings is 1. The van der Waals surface area contributed by atoms with Crippen molar-refractivity contribution in [3.05, 3.63) is 35.9 Å². The van der Waals surface area contributed by atoms with E-state index in [0.717, 1.165) is 17.9 Å². The third-order valence-electron chi connectivity index (χ3n) is 4.59. The normalized spacial score (nSPS) is 23.5. The summed E-state index contributed by atoms with van der Waals surface area (Å²) >= 11 is 2.01. The monoisotopic (exact) mass is 334 g/mol. The van der Waals surface area contributed by atoms with Gasteiger partial charge in [-0.25, -0.2) is 0 Å². The Kier molecular flexibility index (Phi) is 6.37. The van der Waals surface area contributed by atoms with Gasteiger partial charge in [-0.15, -0.1) is 0 Å².